The molecule has 1 saturated heterocycles. The molecule has 3 heterocycles. The van der Waals surface area contributed by atoms with Crippen molar-refractivity contribution in [2.45, 2.75) is 43.5 Å². The lowest BCUT2D eigenvalue weighted by Gasteiger charge is -2.44. The van der Waals surface area contributed by atoms with Crippen LogP contribution in [0.1, 0.15) is 13.8 Å². The lowest BCUT2D eigenvalue weighted by atomic mass is 10.0. The van der Waals surface area contributed by atoms with Crippen molar-refractivity contribution in [2.75, 3.05) is 30.9 Å². The molecule has 0 aliphatic carbocycles. The van der Waals surface area contributed by atoms with Crippen LogP contribution in [0.3, 0.4) is 0 Å². The summed E-state index contributed by atoms with van der Waals surface area (Å²) in [6, 6.07) is 3.24. The van der Waals surface area contributed by atoms with Gasteiger partial charge in [0.1, 0.15) is 17.5 Å². The Kier molecular flexibility index (Phi) is 7.67. The topological polar surface area (TPSA) is 67.7 Å². The predicted octanol–water partition coefficient (Wildman–Crippen LogP) is 5.38. The number of aromatic nitrogens is 2. The molecule has 0 radical (unpaired) electrons. The zero-order chi connectivity index (χ0) is 28.2. The van der Waals surface area contributed by atoms with Gasteiger partial charge in [-0.3, -0.25) is 9.36 Å². The number of hydrogen-bond acceptors (Lipinski definition) is 6. The lowest BCUT2D eigenvalue weighted by Crippen LogP contribution is -2.58. The third kappa shape index (κ3) is 4.81. The van der Waals surface area contributed by atoms with Crippen molar-refractivity contribution in [1.29, 1.82) is 0 Å². The Morgan fingerprint density at radius 2 is 1.82 bits per heavy atom. The van der Waals surface area contributed by atoms with E-state index in [4.69, 9.17) is 27.9 Å². The normalized spacial score (nSPS) is 21.3. The summed E-state index contributed by atoms with van der Waals surface area (Å²) in [7, 11) is 1.56. The Bertz CT molecular complexity index is 1550. The number of piperazine rings is 1. The summed E-state index contributed by atoms with van der Waals surface area (Å²) in [5, 5.41) is 0.572. The van der Waals surface area contributed by atoms with E-state index in [0.717, 1.165) is 6.07 Å². The zero-order valence-corrected chi connectivity index (χ0v) is 23.8. The van der Waals surface area contributed by atoms with Gasteiger partial charge < -0.3 is 14.5 Å². The standard InChI is InChI=1S/C27H26Cl2F2N4O3S/c1-5-22(36)35-13(2)9-33(10-14(35)3)26-17-7-19(29)23(16-6-18(28)21(31)8-20(16)30)25-24(17)34(27(37)32-26)11-15(38-4)12-39-25/h5-8,13-15H,1,9-12H2,2-4H3. The van der Waals surface area contributed by atoms with Crippen molar-refractivity contribution in [2.24, 2.45) is 0 Å². The Morgan fingerprint density at radius 1 is 1.13 bits per heavy atom. The van der Waals surface area contributed by atoms with E-state index in [-0.39, 0.29) is 46.2 Å². The first-order valence-corrected chi connectivity index (χ1v) is 14.1. The minimum absolute atomic E-state index is 0.0304. The average Bonchev–Trinajstić information content (AvgIpc) is 3.08. The fraction of sp³-hybridized carbons (Fsp3) is 0.370. The van der Waals surface area contributed by atoms with Crippen LogP contribution in [-0.4, -0.2) is 64.5 Å². The van der Waals surface area contributed by atoms with E-state index in [9.17, 15) is 14.0 Å². The largest absolute Gasteiger partial charge is 0.379 e. The van der Waals surface area contributed by atoms with Crippen LogP contribution in [-0.2, 0) is 16.1 Å². The van der Waals surface area contributed by atoms with E-state index in [0.29, 0.717) is 46.0 Å². The van der Waals surface area contributed by atoms with Crippen LogP contribution >= 0.6 is 35.0 Å². The van der Waals surface area contributed by atoms with Crippen molar-refractivity contribution in [3.63, 3.8) is 0 Å². The highest BCUT2D eigenvalue weighted by Crippen LogP contribution is 2.46. The number of carbonyl (C=O) groups excluding carboxylic acids is 1. The third-order valence-corrected chi connectivity index (χ3v) is 9.02. The molecule has 3 unspecified atom stereocenters. The molecular formula is C27H26Cl2F2N4O3S. The molecule has 39 heavy (non-hydrogen) atoms. The molecule has 0 saturated carbocycles. The van der Waals surface area contributed by atoms with Crippen molar-refractivity contribution in [3.8, 4) is 11.1 Å². The van der Waals surface area contributed by atoms with Crippen molar-refractivity contribution in [3.05, 3.63) is 63.0 Å². The molecule has 2 aliphatic rings. The second kappa shape index (κ2) is 10.7. The van der Waals surface area contributed by atoms with Crippen molar-refractivity contribution >= 4 is 57.6 Å². The van der Waals surface area contributed by atoms with Gasteiger partial charge in [-0.25, -0.2) is 13.6 Å². The number of methoxy groups -OCH3 is 1. The van der Waals surface area contributed by atoms with Crippen LogP contribution in [0.5, 0.6) is 0 Å². The highest BCUT2D eigenvalue weighted by Gasteiger charge is 2.35. The van der Waals surface area contributed by atoms with Crippen LogP contribution < -0.4 is 10.6 Å². The van der Waals surface area contributed by atoms with Gasteiger partial charge in [0, 0.05) is 65.5 Å². The summed E-state index contributed by atoms with van der Waals surface area (Å²) in [6.45, 7) is 8.56. The molecular weight excluding hydrogens is 569 g/mol. The molecule has 5 rings (SSSR count). The Morgan fingerprint density at radius 3 is 2.46 bits per heavy atom. The van der Waals surface area contributed by atoms with E-state index >= 15 is 4.39 Å². The third-order valence-electron chi connectivity index (χ3n) is 7.21. The Balaban J connectivity index is 1.76. The monoisotopic (exact) mass is 594 g/mol. The Labute approximate surface area is 238 Å². The van der Waals surface area contributed by atoms with Gasteiger partial charge in [-0.15, -0.1) is 11.8 Å². The van der Waals surface area contributed by atoms with E-state index in [1.165, 1.54) is 28.5 Å². The minimum Gasteiger partial charge on any atom is -0.379 e. The number of thioether (sulfide) groups is 1. The number of benzene rings is 2. The van der Waals surface area contributed by atoms with Gasteiger partial charge in [0.25, 0.3) is 0 Å². The van der Waals surface area contributed by atoms with Gasteiger partial charge in [0.15, 0.2) is 0 Å². The smallest absolute Gasteiger partial charge is 0.350 e. The second-order valence-electron chi connectivity index (χ2n) is 9.75. The number of carbonyl (C=O) groups is 1. The number of halogens is 4. The highest BCUT2D eigenvalue weighted by atomic mass is 35.5. The molecule has 2 aromatic carbocycles. The molecule has 0 spiro atoms. The summed E-state index contributed by atoms with van der Waals surface area (Å²) in [5.74, 6) is -0.974. The first kappa shape index (κ1) is 27.9. The van der Waals surface area contributed by atoms with E-state index in [1.807, 2.05) is 18.7 Å². The number of nitrogens with zero attached hydrogens (tertiary/aromatic N) is 4. The number of ether oxygens (including phenoxy) is 1. The minimum atomic E-state index is -0.881. The predicted molar refractivity (Wildman–Crippen MR) is 151 cm³/mol. The summed E-state index contributed by atoms with van der Waals surface area (Å²) < 4.78 is 36.3. The fourth-order valence-corrected chi connectivity index (χ4v) is 7.33. The molecule has 206 valence electrons. The van der Waals surface area contributed by atoms with Crippen LogP contribution in [0, 0.1) is 11.6 Å². The first-order chi connectivity index (χ1) is 18.5. The van der Waals surface area contributed by atoms with Crippen LogP contribution in [0.25, 0.3) is 22.0 Å². The van der Waals surface area contributed by atoms with Crippen molar-refractivity contribution < 1.29 is 18.3 Å². The first-order valence-electron chi connectivity index (χ1n) is 12.3. The molecule has 7 nitrogen and oxygen atoms in total. The molecule has 1 fully saturated rings. The molecule has 1 amide bonds. The zero-order valence-electron chi connectivity index (χ0n) is 21.5. The maximum absolute atomic E-state index is 15.1. The molecule has 2 aliphatic heterocycles. The highest BCUT2D eigenvalue weighted by molar-refractivity contribution is 7.99. The Hall–Kier alpha value is -2.66. The average molecular weight is 595 g/mol. The molecule has 0 bridgehead atoms. The van der Waals surface area contributed by atoms with Gasteiger partial charge in [-0.1, -0.05) is 29.8 Å². The lowest BCUT2D eigenvalue weighted by molar-refractivity contribution is -0.130. The number of anilines is 1. The summed E-state index contributed by atoms with van der Waals surface area (Å²) in [5.41, 5.74) is 0.402. The van der Waals surface area contributed by atoms with Crippen molar-refractivity contribution in [1.82, 2.24) is 14.5 Å². The quantitative estimate of drug-likeness (QED) is 0.298. The maximum atomic E-state index is 15.1. The fourth-order valence-electron chi connectivity index (χ4n) is 5.49. The molecule has 1 aromatic heterocycles. The van der Waals surface area contributed by atoms with Crippen LogP contribution in [0.2, 0.25) is 10.0 Å². The number of amides is 1. The van der Waals surface area contributed by atoms with E-state index in [2.05, 4.69) is 11.6 Å². The van der Waals surface area contributed by atoms with E-state index in [1.54, 1.807) is 18.1 Å². The number of hydrogen-bond donors (Lipinski definition) is 0. The molecule has 3 aromatic rings. The summed E-state index contributed by atoms with van der Waals surface area (Å²) >= 11 is 14.2. The van der Waals surface area contributed by atoms with Crippen LogP contribution in [0.4, 0.5) is 14.6 Å². The van der Waals surface area contributed by atoms with Gasteiger partial charge in [0.2, 0.25) is 5.91 Å². The van der Waals surface area contributed by atoms with E-state index < -0.39 is 17.3 Å². The van der Waals surface area contributed by atoms with Gasteiger partial charge in [-0.05, 0) is 32.1 Å². The summed E-state index contributed by atoms with van der Waals surface area (Å²) in [6.07, 6.45) is 0.975. The number of rotatable bonds is 4. The van der Waals surface area contributed by atoms with Gasteiger partial charge in [-0.2, -0.15) is 4.98 Å². The van der Waals surface area contributed by atoms with Gasteiger partial charge >= 0.3 is 5.69 Å². The SMILES string of the molecule is C=CC(=O)N1C(C)CN(c2nc(=O)n3c4c(c(-c5cc(Cl)c(F)cc5F)c(Cl)cc24)SCC(OC)C3)CC1C. The molecule has 3 atom stereocenters. The van der Waals surface area contributed by atoms with Gasteiger partial charge in [0.05, 0.1) is 28.2 Å². The summed E-state index contributed by atoms with van der Waals surface area (Å²) in [4.78, 5) is 34.7. The molecule has 12 heteroatoms. The second-order valence-corrected chi connectivity index (χ2v) is 11.6. The maximum Gasteiger partial charge on any atom is 0.350 e. The molecule has 0 N–H and O–H groups in total. The van der Waals surface area contributed by atoms with Crippen LogP contribution in [0.15, 0.2) is 40.5 Å².